The van der Waals surface area contributed by atoms with Crippen molar-refractivity contribution in [2.24, 2.45) is 0 Å². The number of likely N-dealkylation sites (tertiary alicyclic amines) is 1. The Bertz CT molecular complexity index is 983. The number of aromatic nitrogens is 3. The van der Waals surface area contributed by atoms with Gasteiger partial charge in [0.1, 0.15) is 5.82 Å². The molecule has 1 N–H and O–H groups in total. The fourth-order valence-electron chi connectivity index (χ4n) is 3.42. The molecule has 0 aromatic carbocycles. The number of carbonyl (C=O) groups is 3. The summed E-state index contributed by atoms with van der Waals surface area (Å²) in [4.78, 5) is 54.4. The number of rotatable bonds is 6. The van der Waals surface area contributed by atoms with E-state index in [1.165, 1.54) is 16.2 Å². The van der Waals surface area contributed by atoms with E-state index >= 15 is 0 Å². The largest absolute Gasteiger partial charge is 0.345 e. The third-order valence-corrected chi connectivity index (χ3v) is 6.37. The SMILES string of the molecule is Cc1nc([C@@H]2CCN(C(=O)CCC(=O)Nc3nc(C)c(C)s3)C2)ncc1C(=O)N(C)C. The van der Waals surface area contributed by atoms with Crippen LogP contribution in [0, 0.1) is 20.8 Å². The Kier molecular flexibility index (Phi) is 6.99. The van der Waals surface area contributed by atoms with Crippen molar-refractivity contribution in [3.05, 3.63) is 33.8 Å². The summed E-state index contributed by atoms with van der Waals surface area (Å²) in [7, 11) is 3.38. The minimum atomic E-state index is -0.210. The first-order chi connectivity index (χ1) is 14.7. The molecule has 1 fully saturated rings. The zero-order valence-corrected chi connectivity index (χ0v) is 19.4. The van der Waals surface area contributed by atoms with Crippen LogP contribution < -0.4 is 5.32 Å². The Hall–Kier alpha value is -2.88. The van der Waals surface area contributed by atoms with Gasteiger partial charge in [-0.25, -0.2) is 15.0 Å². The second-order valence-electron chi connectivity index (χ2n) is 7.96. The molecule has 1 aliphatic heterocycles. The van der Waals surface area contributed by atoms with Crippen LogP contribution in [0.5, 0.6) is 0 Å². The molecule has 166 valence electrons. The smallest absolute Gasteiger partial charge is 0.256 e. The first-order valence-corrected chi connectivity index (χ1v) is 11.0. The van der Waals surface area contributed by atoms with E-state index in [9.17, 15) is 14.4 Å². The van der Waals surface area contributed by atoms with Crippen LogP contribution in [-0.4, -0.2) is 69.7 Å². The lowest BCUT2D eigenvalue weighted by atomic mass is 10.1. The van der Waals surface area contributed by atoms with E-state index in [0.29, 0.717) is 35.3 Å². The third kappa shape index (κ3) is 5.43. The van der Waals surface area contributed by atoms with Crippen molar-refractivity contribution in [2.45, 2.75) is 46.0 Å². The van der Waals surface area contributed by atoms with Gasteiger partial charge in [-0.2, -0.15) is 0 Å². The lowest BCUT2D eigenvalue weighted by molar-refractivity contribution is -0.131. The van der Waals surface area contributed by atoms with Crippen molar-refractivity contribution in [2.75, 3.05) is 32.5 Å². The molecule has 3 rings (SSSR count). The van der Waals surface area contributed by atoms with Gasteiger partial charge < -0.3 is 15.1 Å². The summed E-state index contributed by atoms with van der Waals surface area (Å²) in [6, 6.07) is 0. The van der Waals surface area contributed by atoms with Gasteiger partial charge in [-0.15, -0.1) is 11.3 Å². The lowest BCUT2D eigenvalue weighted by Crippen LogP contribution is -2.29. The molecule has 0 aliphatic carbocycles. The Labute approximate surface area is 185 Å². The van der Waals surface area contributed by atoms with E-state index in [4.69, 9.17) is 0 Å². The number of thiazole rings is 1. The summed E-state index contributed by atoms with van der Waals surface area (Å²) in [5.74, 6) is 0.281. The number of nitrogens with zero attached hydrogens (tertiary/aromatic N) is 5. The molecule has 2 aromatic rings. The van der Waals surface area contributed by atoms with Crippen molar-refractivity contribution in [1.82, 2.24) is 24.8 Å². The number of carbonyl (C=O) groups excluding carboxylic acids is 3. The zero-order chi connectivity index (χ0) is 22.7. The summed E-state index contributed by atoms with van der Waals surface area (Å²) >= 11 is 1.43. The summed E-state index contributed by atoms with van der Waals surface area (Å²) in [5, 5.41) is 3.33. The Morgan fingerprint density at radius 1 is 1.16 bits per heavy atom. The molecule has 3 heterocycles. The minimum Gasteiger partial charge on any atom is -0.345 e. The number of amides is 3. The molecule has 0 unspecified atom stereocenters. The average Bonchev–Trinajstić information content (AvgIpc) is 3.32. The van der Waals surface area contributed by atoms with Crippen LogP contribution in [0.2, 0.25) is 0 Å². The highest BCUT2D eigenvalue weighted by Gasteiger charge is 2.29. The zero-order valence-electron chi connectivity index (χ0n) is 18.6. The predicted octanol–water partition coefficient (Wildman–Crippen LogP) is 2.29. The van der Waals surface area contributed by atoms with Crippen LogP contribution in [0.25, 0.3) is 0 Å². The fourth-order valence-corrected chi connectivity index (χ4v) is 4.25. The van der Waals surface area contributed by atoms with E-state index in [0.717, 1.165) is 17.0 Å². The van der Waals surface area contributed by atoms with Crippen LogP contribution in [-0.2, 0) is 9.59 Å². The quantitative estimate of drug-likeness (QED) is 0.732. The fraction of sp³-hybridized carbons (Fsp3) is 0.524. The highest BCUT2D eigenvalue weighted by Crippen LogP contribution is 2.26. The summed E-state index contributed by atoms with van der Waals surface area (Å²) in [6.45, 7) is 6.77. The molecule has 3 amide bonds. The summed E-state index contributed by atoms with van der Waals surface area (Å²) in [5.41, 5.74) is 2.02. The monoisotopic (exact) mass is 444 g/mol. The van der Waals surface area contributed by atoms with Crippen LogP contribution in [0.15, 0.2) is 6.20 Å². The molecule has 0 spiro atoms. The average molecular weight is 445 g/mol. The number of hydrogen-bond acceptors (Lipinski definition) is 7. The van der Waals surface area contributed by atoms with Crippen molar-refractivity contribution < 1.29 is 14.4 Å². The highest BCUT2D eigenvalue weighted by molar-refractivity contribution is 7.15. The van der Waals surface area contributed by atoms with Crippen molar-refractivity contribution in [3.8, 4) is 0 Å². The Balaban J connectivity index is 1.52. The van der Waals surface area contributed by atoms with E-state index in [2.05, 4.69) is 20.3 Å². The molecule has 0 bridgehead atoms. The number of aryl methyl sites for hydroxylation is 3. The number of anilines is 1. The molecular formula is C21H28N6O3S. The van der Waals surface area contributed by atoms with Gasteiger partial charge in [0, 0.05) is 57.0 Å². The van der Waals surface area contributed by atoms with Gasteiger partial charge in [-0.3, -0.25) is 14.4 Å². The van der Waals surface area contributed by atoms with E-state index in [1.54, 1.807) is 32.1 Å². The lowest BCUT2D eigenvalue weighted by Gasteiger charge is -2.17. The van der Waals surface area contributed by atoms with Gasteiger partial charge in [0.2, 0.25) is 11.8 Å². The minimum absolute atomic E-state index is 0.0289. The second-order valence-corrected chi connectivity index (χ2v) is 9.16. The standard InChI is InChI=1S/C21H28N6O3S/c1-12-14(3)31-21(24-12)25-17(28)6-7-18(29)27-9-8-15(11-27)19-22-10-16(13(2)23-19)20(30)26(4)5/h10,15H,6-9,11H2,1-5H3,(H,24,25,28)/t15-/m1/s1. The van der Waals surface area contributed by atoms with Crippen LogP contribution in [0.4, 0.5) is 5.13 Å². The van der Waals surface area contributed by atoms with Crippen molar-refractivity contribution >= 4 is 34.2 Å². The first kappa shape index (κ1) is 22.8. The number of hydrogen-bond donors (Lipinski definition) is 1. The van der Waals surface area contributed by atoms with Gasteiger partial charge in [-0.05, 0) is 27.2 Å². The molecule has 10 heteroatoms. The van der Waals surface area contributed by atoms with Crippen molar-refractivity contribution in [1.29, 1.82) is 0 Å². The highest BCUT2D eigenvalue weighted by atomic mass is 32.1. The molecule has 0 radical (unpaired) electrons. The third-order valence-electron chi connectivity index (χ3n) is 5.38. The second kappa shape index (κ2) is 9.51. The van der Waals surface area contributed by atoms with Crippen LogP contribution >= 0.6 is 11.3 Å². The van der Waals surface area contributed by atoms with Gasteiger partial charge >= 0.3 is 0 Å². The topological polar surface area (TPSA) is 108 Å². The van der Waals surface area contributed by atoms with Crippen LogP contribution in [0.1, 0.15) is 57.6 Å². The molecule has 1 atom stereocenters. The van der Waals surface area contributed by atoms with Gasteiger partial charge in [0.15, 0.2) is 5.13 Å². The van der Waals surface area contributed by atoms with Crippen molar-refractivity contribution in [3.63, 3.8) is 0 Å². The molecule has 31 heavy (non-hydrogen) atoms. The maximum absolute atomic E-state index is 12.6. The maximum Gasteiger partial charge on any atom is 0.256 e. The molecule has 0 saturated carbocycles. The van der Waals surface area contributed by atoms with E-state index in [-0.39, 0.29) is 36.5 Å². The Morgan fingerprint density at radius 2 is 1.90 bits per heavy atom. The molecule has 2 aromatic heterocycles. The van der Waals surface area contributed by atoms with E-state index < -0.39 is 0 Å². The van der Waals surface area contributed by atoms with Gasteiger partial charge in [0.05, 0.1) is 17.0 Å². The molecular weight excluding hydrogens is 416 g/mol. The van der Waals surface area contributed by atoms with Crippen LogP contribution in [0.3, 0.4) is 0 Å². The normalized spacial score (nSPS) is 15.8. The number of nitrogens with one attached hydrogen (secondary N) is 1. The predicted molar refractivity (Wildman–Crippen MR) is 118 cm³/mol. The van der Waals surface area contributed by atoms with E-state index in [1.807, 2.05) is 13.8 Å². The molecule has 1 saturated heterocycles. The molecule has 1 aliphatic rings. The van der Waals surface area contributed by atoms with Gasteiger partial charge in [0.25, 0.3) is 5.91 Å². The molecule has 9 nitrogen and oxygen atoms in total. The van der Waals surface area contributed by atoms with Gasteiger partial charge in [-0.1, -0.05) is 0 Å². The summed E-state index contributed by atoms with van der Waals surface area (Å²) in [6.07, 6.45) is 2.60. The maximum atomic E-state index is 12.6. The summed E-state index contributed by atoms with van der Waals surface area (Å²) < 4.78 is 0. The Morgan fingerprint density at radius 3 is 2.52 bits per heavy atom. The first-order valence-electron chi connectivity index (χ1n) is 10.2.